The number of nitroso groups, excluding NO2 is 1. The van der Waals surface area contributed by atoms with E-state index in [2.05, 4.69) is 20.7 Å². The van der Waals surface area contributed by atoms with Gasteiger partial charge in [-0.05, 0) is 0 Å². The van der Waals surface area contributed by atoms with E-state index in [9.17, 15) is 4.91 Å². The van der Waals surface area contributed by atoms with E-state index < -0.39 is 0 Å². The fourth-order valence-electron chi connectivity index (χ4n) is 0.223. The van der Waals surface area contributed by atoms with E-state index >= 15 is 0 Å². The quantitative estimate of drug-likeness (QED) is 0.381. The lowest BCUT2D eigenvalue weighted by molar-refractivity contribution is 1.06. The first kappa shape index (κ1) is 3.91. The van der Waals surface area contributed by atoms with Crippen molar-refractivity contribution in [2.24, 2.45) is 15.3 Å². The molecule has 0 saturated heterocycles. The van der Waals surface area contributed by atoms with Crippen LogP contribution in [0, 0.1) is 4.91 Å². The minimum absolute atomic E-state index is 0.111. The standard InChI is InChI=1S/C2HN4O/c7-6-2-3-1-4-5-2/h1H. The van der Waals surface area contributed by atoms with Gasteiger partial charge in [0.2, 0.25) is 0 Å². The van der Waals surface area contributed by atoms with Crippen LogP contribution in [0.2, 0.25) is 0 Å². The van der Waals surface area contributed by atoms with Crippen molar-refractivity contribution in [1.82, 2.24) is 5.43 Å². The molecule has 0 aliphatic carbocycles. The monoisotopic (exact) mass is 97.0 g/mol. The summed E-state index contributed by atoms with van der Waals surface area (Å²) in [5.74, 6) is -0.111. The molecule has 0 atom stereocenters. The molecule has 5 nitrogen and oxygen atoms in total. The van der Waals surface area contributed by atoms with Gasteiger partial charge in [-0.15, -0.1) is 15.4 Å². The van der Waals surface area contributed by atoms with E-state index in [1.165, 1.54) is 0 Å². The van der Waals surface area contributed by atoms with Gasteiger partial charge in [-0.1, -0.05) is 0 Å². The van der Waals surface area contributed by atoms with Gasteiger partial charge in [0.15, 0.2) is 0 Å². The molecule has 0 aromatic carbocycles. The molecular formula is C2HN4O. The van der Waals surface area contributed by atoms with Gasteiger partial charge in [0.05, 0.1) is 0 Å². The smallest absolute Gasteiger partial charge is 0.193 e. The van der Waals surface area contributed by atoms with Crippen LogP contribution >= 0.6 is 0 Å². The Morgan fingerprint density at radius 2 is 2.57 bits per heavy atom. The normalized spacial score (nSPS) is 15.7. The highest BCUT2D eigenvalue weighted by Gasteiger charge is 1.97. The van der Waals surface area contributed by atoms with Crippen LogP contribution in [0.1, 0.15) is 0 Å². The van der Waals surface area contributed by atoms with E-state index in [4.69, 9.17) is 0 Å². The number of aliphatic imine (C=N–C) groups is 1. The molecule has 0 bridgehead atoms. The molecule has 1 heterocycles. The highest BCUT2D eigenvalue weighted by atomic mass is 16.3. The lowest BCUT2D eigenvalue weighted by atomic mass is 11.1. The maximum Gasteiger partial charge on any atom is 0.311 e. The number of rotatable bonds is 0. The van der Waals surface area contributed by atoms with Crippen LogP contribution in [-0.4, -0.2) is 12.3 Å². The molecule has 0 amide bonds. The molecular weight excluding hydrogens is 96.0 g/mol. The van der Waals surface area contributed by atoms with Gasteiger partial charge in [0.1, 0.15) is 6.34 Å². The van der Waals surface area contributed by atoms with E-state index in [-0.39, 0.29) is 5.96 Å². The summed E-state index contributed by atoms with van der Waals surface area (Å²) in [4.78, 5) is 12.8. The summed E-state index contributed by atoms with van der Waals surface area (Å²) in [7, 11) is 0. The lowest BCUT2D eigenvalue weighted by Gasteiger charge is -1.66. The van der Waals surface area contributed by atoms with Crippen molar-refractivity contribution in [1.29, 1.82) is 0 Å². The van der Waals surface area contributed by atoms with Gasteiger partial charge in [-0.25, -0.2) is 0 Å². The molecule has 0 saturated carbocycles. The van der Waals surface area contributed by atoms with Crippen molar-refractivity contribution < 1.29 is 0 Å². The first-order valence-electron chi connectivity index (χ1n) is 1.57. The summed E-state index contributed by atoms with van der Waals surface area (Å²) < 4.78 is 0. The van der Waals surface area contributed by atoms with Gasteiger partial charge in [-0.2, -0.15) is 4.99 Å². The van der Waals surface area contributed by atoms with Crippen LogP contribution in [0.4, 0.5) is 0 Å². The average molecular weight is 97.1 g/mol. The Morgan fingerprint density at radius 3 is 2.86 bits per heavy atom. The van der Waals surface area contributed by atoms with Crippen LogP contribution in [-0.2, 0) is 0 Å². The molecule has 0 spiro atoms. The third-order valence-corrected chi connectivity index (χ3v) is 0.454. The SMILES string of the molecule is O=NC1=N[N]C=N1. The lowest BCUT2D eigenvalue weighted by Crippen LogP contribution is -1.81. The number of hydrogen-bond donors (Lipinski definition) is 0. The average Bonchev–Trinajstić information content (AvgIpc) is 2.14. The Kier molecular flexibility index (Phi) is 0.816. The van der Waals surface area contributed by atoms with Crippen molar-refractivity contribution >= 4 is 12.3 Å². The second-order valence-corrected chi connectivity index (χ2v) is 0.851. The molecule has 1 aliphatic rings. The van der Waals surface area contributed by atoms with E-state index in [1.54, 1.807) is 0 Å². The van der Waals surface area contributed by atoms with Crippen LogP contribution in [0.25, 0.3) is 0 Å². The molecule has 1 radical (unpaired) electrons. The zero-order chi connectivity index (χ0) is 5.11. The first-order chi connectivity index (χ1) is 3.43. The Morgan fingerprint density at radius 1 is 1.71 bits per heavy atom. The van der Waals surface area contributed by atoms with Crippen LogP contribution < -0.4 is 5.43 Å². The largest absolute Gasteiger partial charge is 0.311 e. The summed E-state index contributed by atoms with van der Waals surface area (Å²) in [6.07, 6.45) is 1.16. The third-order valence-electron chi connectivity index (χ3n) is 0.454. The maximum absolute atomic E-state index is 9.45. The molecule has 35 valence electrons. The fraction of sp³-hybridized carbons (Fsp3) is 0. The number of hydrogen-bond acceptors (Lipinski definition) is 4. The second-order valence-electron chi connectivity index (χ2n) is 0.851. The Labute approximate surface area is 39.1 Å². The minimum atomic E-state index is -0.111. The number of nitrogens with zero attached hydrogens (tertiary/aromatic N) is 4. The van der Waals surface area contributed by atoms with Gasteiger partial charge in [0.25, 0.3) is 0 Å². The van der Waals surface area contributed by atoms with Crippen LogP contribution in [0.3, 0.4) is 0 Å². The van der Waals surface area contributed by atoms with Crippen molar-refractivity contribution in [3.8, 4) is 0 Å². The molecule has 5 heteroatoms. The van der Waals surface area contributed by atoms with Gasteiger partial charge < -0.3 is 0 Å². The number of guanidine groups is 1. The Bertz CT molecular complexity index is 137. The summed E-state index contributed by atoms with van der Waals surface area (Å²) in [5.41, 5.74) is 3.24. The molecule has 0 aromatic rings. The molecule has 0 fully saturated rings. The molecule has 0 unspecified atom stereocenters. The van der Waals surface area contributed by atoms with Crippen molar-refractivity contribution in [3.63, 3.8) is 0 Å². The third kappa shape index (κ3) is 0.594. The van der Waals surface area contributed by atoms with E-state index in [0.29, 0.717) is 0 Å². The van der Waals surface area contributed by atoms with Gasteiger partial charge in [-0.3, -0.25) is 0 Å². The zero-order valence-corrected chi connectivity index (χ0v) is 3.27. The maximum atomic E-state index is 9.45. The summed E-state index contributed by atoms with van der Waals surface area (Å²) in [5, 5.41) is 5.59. The summed E-state index contributed by atoms with van der Waals surface area (Å²) >= 11 is 0. The highest BCUT2D eigenvalue weighted by molar-refractivity contribution is 5.91. The Hall–Kier alpha value is -1.26. The molecule has 1 rings (SSSR count). The predicted molar refractivity (Wildman–Crippen MR) is 23.9 cm³/mol. The fourth-order valence-corrected chi connectivity index (χ4v) is 0.223. The Balaban J connectivity index is 2.69. The van der Waals surface area contributed by atoms with Crippen molar-refractivity contribution in [3.05, 3.63) is 4.91 Å². The van der Waals surface area contributed by atoms with Crippen molar-refractivity contribution in [2.45, 2.75) is 0 Å². The van der Waals surface area contributed by atoms with E-state index in [0.717, 1.165) is 6.34 Å². The summed E-state index contributed by atoms with van der Waals surface area (Å²) in [6, 6.07) is 0. The zero-order valence-electron chi connectivity index (χ0n) is 3.27. The highest BCUT2D eigenvalue weighted by Crippen LogP contribution is 1.84. The predicted octanol–water partition coefficient (Wildman–Crippen LogP) is -0.330. The second kappa shape index (κ2) is 1.46. The molecule has 1 aliphatic heterocycles. The molecule has 7 heavy (non-hydrogen) atoms. The first-order valence-corrected chi connectivity index (χ1v) is 1.57. The molecule has 0 N–H and O–H groups in total. The van der Waals surface area contributed by atoms with Crippen LogP contribution in [0.15, 0.2) is 15.3 Å². The van der Waals surface area contributed by atoms with E-state index in [1.807, 2.05) is 0 Å². The van der Waals surface area contributed by atoms with Gasteiger partial charge >= 0.3 is 5.96 Å². The topological polar surface area (TPSA) is 68.2 Å². The van der Waals surface area contributed by atoms with Crippen molar-refractivity contribution in [2.75, 3.05) is 0 Å². The molecule has 0 aromatic heterocycles. The van der Waals surface area contributed by atoms with Crippen LogP contribution in [0.5, 0.6) is 0 Å². The van der Waals surface area contributed by atoms with Gasteiger partial charge in [0, 0.05) is 5.18 Å². The minimum Gasteiger partial charge on any atom is -0.193 e. The summed E-state index contributed by atoms with van der Waals surface area (Å²) in [6.45, 7) is 0.